The number of carbonyl (C=O) groups is 1. The molecule has 0 aliphatic rings. The molecule has 0 aliphatic heterocycles. The molecule has 0 aliphatic carbocycles. The van der Waals surface area contributed by atoms with Gasteiger partial charge in [0.15, 0.2) is 0 Å². The zero-order valence-electron chi connectivity index (χ0n) is 23.6. The van der Waals surface area contributed by atoms with E-state index in [0.717, 1.165) is 35.4 Å². The van der Waals surface area contributed by atoms with E-state index in [1.54, 1.807) is 0 Å². The summed E-state index contributed by atoms with van der Waals surface area (Å²) in [6.45, 7) is 7.28. The van der Waals surface area contributed by atoms with Crippen LogP contribution in [-0.2, 0) is 6.54 Å². The Kier molecular flexibility index (Phi) is 12.7. The summed E-state index contributed by atoms with van der Waals surface area (Å²) < 4.78 is 2.32. The van der Waals surface area contributed by atoms with Gasteiger partial charge in [0.2, 0.25) is 0 Å². The van der Waals surface area contributed by atoms with E-state index in [-0.39, 0.29) is 11.9 Å². The molecule has 3 rings (SSSR count). The molecule has 2 aromatic carbocycles. The average molecular weight is 504 g/mol. The van der Waals surface area contributed by atoms with Crippen LogP contribution in [0.25, 0.3) is 11.0 Å². The fourth-order valence-electron chi connectivity index (χ4n) is 5.25. The fourth-order valence-corrected chi connectivity index (χ4v) is 5.25. The van der Waals surface area contributed by atoms with Gasteiger partial charge in [-0.3, -0.25) is 4.79 Å². The van der Waals surface area contributed by atoms with E-state index < -0.39 is 0 Å². The van der Waals surface area contributed by atoms with Crippen molar-refractivity contribution in [2.24, 2.45) is 0 Å². The topological polar surface area (TPSA) is 46.9 Å². The van der Waals surface area contributed by atoms with Crippen molar-refractivity contribution in [1.82, 2.24) is 14.9 Å². The molecule has 202 valence electrons. The lowest BCUT2D eigenvalue weighted by Gasteiger charge is -2.17. The maximum atomic E-state index is 12.9. The van der Waals surface area contributed by atoms with Gasteiger partial charge in [0.25, 0.3) is 5.91 Å². The molecule has 1 amide bonds. The summed E-state index contributed by atoms with van der Waals surface area (Å²) in [5, 5.41) is 3.17. The summed E-state index contributed by atoms with van der Waals surface area (Å²) in [6, 6.07) is 15.9. The van der Waals surface area contributed by atoms with Crippen molar-refractivity contribution in [3.05, 3.63) is 65.5 Å². The van der Waals surface area contributed by atoms with Crippen LogP contribution in [0.4, 0.5) is 0 Å². The number of benzene rings is 2. The van der Waals surface area contributed by atoms with Crippen molar-refractivity contribution in [2.45, 2.75) is 123 Å². The fraction of sp³-hybridized carbons (Fsp3) is 0.576. The molecule has 0 radical (unpaired) electrons. The minimum Gasteiger partial charge on any atom is -0.342 e. The summed E-state index contributed by atoms with van der Waals surface area (Å²) in [6.07, 6.45) is 19.1. The van der Waals surface area contributed by atoms with Crippen molar-refractivity contribution in [2.75, 3.05) is 0 Å². The number of nitrogens with zero attached hydrogens (tertiary/aromatic N) is 2. The largest absolute Gasteiger partial charge is 0.342 e. The van der Waals surface area contributed by atoms with Crippen LogP contribution >= 0.6 is 0 Å². The van der Waals surface area contributed by atoms with Crippen molar-refractivity contribution in [3.8, 4) is 0 Å². The normalized spacial score (nSPS) is 12.2. The lowest BCUT2D eigenvalue weighted by molar-refractivity contribution is 0.0937. The Hall–Kier alpha value is -2.62. The smallest absolute Gasteiger partial charge is 0.251 e. The van der Waals surface area contributed by atoms with Crippen LogP contribution in [0.3, 0.4) is 0 Å². The highest BCUT2D eigenvalue weighted by atomic mass is 16.1. The molecular weight excluding hydrogens is 454 g/mol. The molecule has 0 spiro atoms. The number of aromatic nitrogens is 2. The number of nitrogens with one attached hydrogen (secondary N) is 1. The number of amides is 1. The van der Waals surface area contributed by atoms with Gasteiger partial charge >= 0.3 is 0 Å². The van der Waals surface area contributed by atoms with Gasteiger partial charge in [0, 0.05) is 12.1 Å². The van der Waals surface area contributed by atoms with E-state index >= 15 is 0 Å². The molecule has 4 nitrogen and oxygen atoms in total. The first kappa shape index (κ1) is 28.9. The van der Waals surface area contributed by atoms with Gasteiger partial charge in [-0.1, -0.05) is 120 Å². The molecule has 0 fully saturated rings. The van der Waals surface area contributed by atoms with Crippen LogP contribution < -0.4 is 5.32 Å². The van der Waals surface area contributed by atoms with Gasteiger partial charge in [-0.05, 0) is 44.5 Å². The minimum absolute atomic E-state index is 0.0497. The summed E-state index contributed by atoms with van der Waals surface area (Å²) >= 11 is 0. The van der Waals surface area contributed by atoms with Gasteiger partial charge in [-0.15, -0.1) is 0 Å². The number of carbonyl (C=O) groups excluding carboxylic acids is 1. The van der Waals surface area contributed by atoms with E-state index in [2.05, 4.69) is 35.0 Å². The zero-order valence-corrected chi connectivity index (χ0v) is 23.6. The molecule has 0 bridgehead atoms. The summed E-state index contributed by atoms with van der Waals surface area (Å²) in [7, 11) is 0. The highest BCUT2D eigenvalue weighted by Gasteiger charge is 2.19. The number of imidazole rings is 1. The van der Waals surface area contributed by atoms with Gasteiger partial charge in [-0.2, -0.15) is 0 Å². The molecule has 37 heavy (non-hydrogen) atoms. The molecular formula is C33H49N3O. The lowest BCUT2D eigenvalue weighted by atomic mass is 10.0. The lowest BCUT2D eigenvalue weighted by Crippen LogP contribution is -2.28. The van der Waals surface area contributed by atoms with Crippen LogP contribution in [0.1, 0.15) is 132 Å². The molecule has 4 heteroatoms. The Balaban J connectivity index is 1.41. The number of aryl methyl sites for hydroxylation is 2. The van der Waals surface area contributed by atoms with Crippen molar-refractivity contribution in [1.29, 1.82) is 0 Å². The Morgan fingerprint density at radius 3 is 2.03 bits per heavy atom. The van der Waals surface area contributed by atoms with E-state index in [1.807, 2.05) is 44.2 Å². The first-order chi connectivity index (χ1) is 18.1. The maximum Gasteiger partial charge on any atom is 0.251 e. The van der Waals surface area contributed by atoms with Gasteiger partial charge < -0.3 is 9.88 Å². The maximum absolute atomic E-state index is 12.9. The Morgan fingerprint density at radius 1 is 0.811 bits per heavy atom. The molecule has 1 heterocycles. The highest BCUT2D eigenvalue weighted by Crippen LogP contribution is 2.23. The average Bonchev–Trinajstić information content (AvgIpc) is 3.27. The first-order valence-electron chi connectivity index (χ1n) is 14.9. The minimum atomic E-state index is -0.160. The Labute approximate surface area is 225 Å². The SMILES string of the molecule is CCCCCCCCCCCCCCCCn1c(C(C)NC(=O)c2cccc(C)c2)nc2ccccc21. The third-order valence-corrected chi connectivity index (χ3v) is 7.43. The quantitative estimate of drug-likeness (QED) is 0.176. The second-order valence-corrected chi connectivity index (χ2v) is 10.8. The predicted octanol–water partition coefficient (Wildman–Crippen LogP) is 9.32. The van der Waals surface area contributed by atoms with Crippen molar-refractivity contribution in [3.63, 3.8) is 0 Å². The number of unbranched alkanes of at least 4 members (excludes halogenated alkanes) is 13. The second-order valence-electron chi connectivity index (χ2n) is 10.8. The van der Waals surface area contributed by atoms with Crippen molar-refractivity contribution < 1.29 is 4.79 Å². The van der Waals surface area contributed by atoms with E-state index in [0.29, 0.717) is 5.56 Å². The number of hydrogen-bond donors (Lipinski definition) is 1. The third-order valence-electron chi connectivity index (χ3n) is 7.43. The number of para-hydroxylation sites is 2. The van der Waals surface area contributed by atoms with Gasteiger partial charge in [-0.25, -0.2) is 4.98 Å². The van der Waals surface area contributed by atoms with Crippen LogP contribution in [0.5, 0.6) is 0 Å². The van der Waals surface area contributed by atoms with Crippen LogP contribution in [0, 0.1) is 6.92 Å². The molecule has 0 saturated heterocycles. The number of fused-ring (bicyclic) bond motifs is 1. The summed E-state index contributed by atoms with van der Waals surface area (Å²) in [4.78, 5) is 17.8. The van der Waals surface area contributed by atoms with E-state index in [9.17, 15) is 4.79 Å². The third kappa shape index (κ3) is 9.64. The zero-order chi connectivity index (χ0) is 26.3. The molecule has 1 unspecified atom stereocenters. The van der Waals surface area contributed by atoms with E-state index in [1.165, 1.54) is 83.5 Å². The first-order valence-corrected chi connectivity index (χ1v) is 14.9. The predicted molar refractivity (Wildman–Crippen MR) is 157 cm³/mol. The van der Waals surface area contributed by atoms with E-state index in [4.69, 9.17) is 4.98 Å². The number of rotatable bonds is 18. The monoisotopic (exact) mass is 503 g/mol. The van der Waals surface area contributed by atoms with Crippen molar-refractivity contribution >= 4 is 16.9 Å². The molecule has 1 atom stereocenters. The van der Waals surface area contributed by atoms with Crippen LogP contribution in [0.15, 0.2) is 48.5 Å². The van der Waals surface area contributed by atoms with Gasteiger partial charge in [0.1, 0.15) is 5.82 Å². The molecule has 3 aromatic rings. The summed E-state index contributed by atoms with van der Waals surface area (Å²) in [5.41, 5.74) is 3.94. The number of hydrogen-bond acceptors (Lipinski definition) is 2. The molecule has 1 N–H and O–H groups in total. The highest BCUT2D eigenvalue weighted by molar-refractivity contribution is 5.94. The molecule has 0 saturated carbocycles. The van der Waals surface area contributed by atoms with Crippen LogP contribution in [0.2, 0.25) is 0 Å². The second kappa shape index (κ2) is 16.3. The Morgan fingerprint density at radius 2 is 1.41 bits per heavy atom. The standard InChI is InChI=1S/C33H49N3O/c1-4-5-6-7-8-9-10-11-12-13-14-15-16-19-25-36-31-24-18-17-23-30(31)35-32(36)28(3)34-33(37)29-22-20-21-27(2)26-29/h17-18,20-24,26,28H,4-16,19,25H2,1-3H3,(H,34,37). The molecule has 1 aromatic heterocycles. The van der Waals surface area contributed by atoms with Crippen LogP contribution in [-0.4, -0.2) is 15.5 Å². The van der Waals surface area contributed by atoms with Gasteiger partial charge in [0.05, 0.1) is 17.1 Å². The Bertz CT molecular complexity index is 1070. The summed E-state index contributed by atoms with van der Waals surface area (Å²) in [5.74, 6) is 0.892.